The molecule has 0 aromatic rings. The highest BCUT2D eigenvalue weighted by atomic mass is 35.5. The van der Waals surface area contributed by atoms with E-state index in [2.05, 4.69) is 10.6 Å². The third-order valence-electron chi connectivity index (χ3n) is 2.52. The first-order chi connectivity index (χ1) is 5.83. The maximum absolute atomic E-state index is 11.5. The molecule has 14 heavy (non-hydrogen) atoms. The second-order valence-corrected chi connectivity index (χ2v) is 3.38. The van der Waals surface area contributed by atoms with Crippen molar-refractivity contribution < 1.29 is 9.53 Å². The van der Waals surface area contributed by atoms with Crippen LogP contribution in [0.4, 0.5) is 0 Å². The van der Waals surface area contributed by atoms with Crippen LogP contribution >= 0.6 is 24.8 Å². The van der Waals surface area contributed by atoms with Gasteiger partial charge < -0.3 is 15.4 Å². The first kappa shape index (κ1) is 14.0. The minimum absolute atomic E-state index is 0. The normalized spacial score (nSPS) is 31.3. The lowest BCUT2D eigenvalue weighted by molar-refractivity contribution is -0.157. The second kappa shape index (κ2) is 5.75. The zero-order valence-electron chi connectivity index (χ0n) is 7.88. The third-order valence-corrected chi connectivity index (χ3v) is 2.52. The van der Waals surface area contributed by atoms with Crippen LogP contribution in [0.1, 0.15) is 12.8 Å². The van der Waals surface area contributed by atoms with E-state index < -0.39 is 5.60 Å². The summed E-state index contributed by atoms with van der Waals surface area (Å²) in [6.45, 7) is 2.96. The van der Waals surface area contributed by atoms with Gasteiger partial charge in [-0.2, -0.15) is 0 Å². The molecular formula is C8H16Cl2N2O2. The molecule has 2 aliphatic rings. The number of halogens is 2. The molecule has 1 unspecified atom stereocenters. The minimum atomic E-state index is -0.545. The van der Waals surface area contributed by atoms with Crippen molar-refractivity contribution in [3.05, 3.63) is 0 Å². The topological polar surface area (TPSA) is 50.4 Å². The summed E-state index contributed by atoms with van der Waals surface area (Å²) in [5.41, 5.74) is -0.545. The fourth-order valence-corrected chi connectivity index (χ4v) is 1.83. The summed E-state index contributed by atoms with van der Waals surface area (Å²) < 4.78 is 5.54. The number of hydrogen-bond acceptors (Lipinski definition) is 3. The SMILES string of the molecule is Cl.Cl.O=C1NCCOC12CCCNC2. The lowest BCUT2D eigenvalue weighted by atomic mass is 9.92. The van der Waals surface area contributed by atoms with Crippen LogP contribution in [0.15, 0.2) is 0 Å². The molecule has 1 atom stereocenters. The van der Waals surface area contributed by atoms with E-state index in [1.54, 1.807) is 0 Å². The molecule has 2 rings (SSSR count). The number of carbonyl (C=O) groups excluding carboxylic acids is 1. The average molecular weight is 243 g/mol. The number of rotatable bonds is 0. The molecule has 0 aromatic carbocycles. The number of ether oxygens (including phenoxy) is 1. The Balaban J connectivity index is 0.000000845. The molecule has 1 amide bonds. The largest absolute Gasteiger partial charge is 0.362 e. The maximum atomic E-state index is 11.5. The van der Waals surface area contributed by atoms with Crippen molar-refractivity contribution in [2.24, 2.45) is 0 Å². The van der Waals surface area contributed by atoms with Gasteiger partial charge >= 0.3 is 0 Å². The van der Waals surface area contributed by atoms with Gasteiger partial charge in [0, 0.05) is 13.1 Å². The number of hydrogen-bond donors (Lipinski definition) is 2. The van der Waals surface area contributed by atoms with Crippen molar-refractivity contribution in [3.8, 4) is 0 Å². The van der Waals surface area contributed by atoms with E-state index in [4.69, 9.17) is 4.74 Å². The molecule has 0 radical (unpaired) electrons. The smallest absolute Gasteiger partial charge is 0.253 e. The quantitative estimate of drug-likeness (QED) is 0.634. The van der Waals surface area contributed by atoms with Crippen molar-refractivity contribution in [3.63, 3.8) is 0 Å². The highest BCUT2D eigenvalue weighted by Gasteiger charge is 2.42. The van der Waals surface area contributed by atoms with E-state index in [0.717, 1.165) is 19.4 Å². The van der Waals surface area contributed by atoms with E-state index in [1.807, 2.05) is 0 Å². The summed E-state index contributed by atoms with van der Waals surface area (Å²) in [5, 5.41) is 6.03. The van der Waals surface area contributed by atoms with Crippen LogP contribution in [0.5, 0.6) is 0 Å². The zero-order chi connectivity index (χ0) is 8.44. The summed E-state index contributed by atoms with van der Waals surface area (Å²) in [4.78, 5) is 11.5. The predicted octanol–water partition coefficient (Wildman–Crippen LogP) is 0.0986. The molecule has 2 saturated heterocycles. The van der Waals surface area contributed by atoms with Crippen LogP contribution in [-0.4, -0.2) is 37.7 Å². The molecule has 2 N–H and O–H groups in total. The monoisotopic (exact) mass is 242 g/mol. The second-order valence-electron chi connectivity index (χ2n) is 3.38. The lowest BCUT2D eigenvalue weighted by Crippen LogP contribution is -2.61. The summed E-state index contributed by atoms with van der Waals surface area (Å²) in [7, 11) is 0. The van der Waals surface area contributed by atoms with Crippen molar-refractivity contribution >= 4 is 30.7 Å². The van der Waals surface area contributed by atoms with E-state index in [0.29, 0.717) is 19.7 Å². The zero-order valence-corrected chi connectivity index (χ0v) is 9.51. The Bertz CT molecular complexity index is 188. The maximum Gasteiger partial charge on any atom is 0.253 e. The van der Waals surface area contributed by atoms with Gasteiger partial charge in [-0.3, -0.25) is 4.79 Å². The van der Waals surface area contributed by atoms with E-state index in [1.165, 1.54) is 0 Å². The third kappa shape index (κ3) is 2.51. The van der Waals surface area contributed by atoms with Crippen molar-refractivity contribution in [1.29, 1.82) is 0 Å². The molecule has 84 valence electrons. The first-order valence-corrected chi connectivity index (χ1v) is 4.46. The Labute approximate surface area is 96.0 Å². The van der Waals surface area contributed by atoms with Gasteiger partial charge in [0.2, 0.25) is 0 Å². The lowest BCUT2D eigenvalue weighted by Gasteiger charge is -2.38. The van der Waals surface area contributed by atoms with Gasteiger partial charge in [0.1, 0.15) is 0 Å². The molecule has 0 saturated carbocycles. The molecule has 4 nitrogen and oxygen atoms in total. The van der Waals surface area contributed by atoms with Crippen LogP contribution in [-0.2, 0) is 9.53 Å². The van der Waals surface area contributed by atoms with Crippen LogP contribution in [0.3, 0.4) is 0 Å². The van der Waals surface area contributed by atoms with Crippen LogP contribution in [0.2, 0.25) is 0 Å². The summed E-state index contributed by atoms with van der Waals surface area (Å²) >= 11 is 0. The van der Waals surface area contributed by atoms with Gasteiger partial charge in [0.15, 0.2) is 5.60 Å². The highest BCUT2D eigenvalue weighted by Crippen LogP contribution is 2.22. The molecular weight excluding hydrogens is 227 g/mol. The number of carbonyl (C=O) groups is 1. The van der Waals surface area contributed by atoms with Gasteiger partial charge in [-0.15, -0.1) is 24.8 Å². The summed E-state index contributed by atoms with van der Waals surface area (Å²) in [6, 6.07) is 0. The Hall–Kier alpha value is -0.0300. The highest BCUT2D eigenvalue weighted by molar-refractivity contribution is 5.86. The van der Waals surface area contributed by atoms with Crippen molar-refractivity contribution in [2.75, 3.05) is 26.2 Å². The van der Waals surface area contributed by atoms with Gasteiger partial charge in [-0.05, 0) is 19.4 Å². The average Bonchev–Trinajstić information content (AvgIpc) is 2.12. The molecule has 0 bridgehead atoms. The fraction of sp³-hybridized carbons (Fsp3) is 0.875. The van der Waals surface area contributed by atoms with Gasteiger partial charge in [0.05, 0.1) is 6.61 Å². The summed E-state index contributed by atoms with van der Waals surface area (Å²) in [5.74, 6) is 0.0564. The predicted molar refractivity (Wildman–Crippen MR) is 58.3 cm³/mol. The number of amides is 1. The van der Waals surface area contributed by atoms with Gasteiger partial charge in [0.25, 0.3) is 5.91 Å². The minimum Gasteiger partial charge on any atom is -0.362 e. The first-order valence-electron chi connectivity index (χ1n) is 4.46. The molecule has 1 spiro atoms. The standard InChI is InChI=1S/C8H14N2O2.2ClH/c11-7-8(12-5-4-10-7)2-1-3-9-6-8;;/h9H,1-6H2,(H,10,11);2*1H. The number of nitrogens with one attached hydrogen (secondary N) is 2. The van der Waals surface area contributed by atoms with Crippen LogP contribution in [0, 0.1) is 0 Å². The molecule has 0 aromatic heterocycles. The molecule has 2 heterocycles. The van der Waals surface area contributed by atoms with E-state index in [9.17, 15) is 4.79 Å². The summed E-state index contributed by atoms with van der Waals surface area (Å²) in [6.07, 6.45) is 1.87. The van der Waals surface area contributed by atoms with Crippen LogP contribution in [0.25, 0.3) is 0 Å². The Morgan fingerprint density at radius 2 is 2.07 bits per heavy atom. The fourth-order valence-electron chi connectivity index (χ4n) is 1.83. The molecule has 6 heteroatoms. The van der Waals surface area contributed by atoms with Crippen LogP contribution < -0.4 is 10.6 Å². The number of morpholine rings is 1. The Morgan fingerprint density at radius 1 is 1.29 bits per heavy atom. The Morgan fingerprint density at radius 3 is 2.64 bits per heavy atom. The van der Waals surface area contributed by atoms with Gasteiger partial charge in [-0.25, -0.2) is 0 Å². The van der Waals surface area contributed by atoms with Gasteiger partial charge in [-0.1, -0.05) is 0 Å². The molecule has 0 aliphatic carbocycles. The number of piperidine rings is 1. The van der Waals surface area contributed by atoms with Crippen molar-refractivity contribution in [2.45, 2.75) is 18.4 Å². The van der Waals surface area contributed by atoms with E-state index in [-0.39, 0.29) is 30.7 Å². The van der Waals surface area contributed by atoms with Crippen molar-refractivity contribution in [1.82, 2.24) is 10.6 Å². The molecule has 2 fully saturated rings. The van der Waals surface area contributed by atoms with E-state index >= 15 is 0 Å². The molecule has 2 aliphatic heterocycles. The Kier molecular flexibility index (Phi) is 5.74.